The average Bonchev–Trinajstić information content (AvgIpc) is 2.39. The first-order chi connectivity index (χ1) is 9.74. The quantitative estimate of drug-likeness (QED) is 0.698. The van der Waals surface area contributed by atoms with E-state index >= 15 is 0 Å². The molecule has 0 atom stereocenters. The summed E-state index contributed by atoms with van der Waals surface area (Å²) in [6.45, 7) is 8.84. The molecule has 1 aromatic rings. The fourth-order valence-electron chi connectivity index (χ4n) is 2.79. The third-order valence-electron chi connectivity index (χ3n) is 4.21. The lowest BCUT2D eigenvalue weighted by atomic mass is 9.85. The molecule has 1 aliphatic rings. The highest BCUT2D eigenvalue weighted by atomic mass is 79.9. The molecule has 0 radical (unpaired) electrons. The molecule has 0 bridgehead atoms. The molecule has 1 fully saturated rings. The van der Waals surface area contributed by atoms with Crippen molar-refractivity contribution in [3.63, 3.8) is 0 Å². The van der Waals surface area contributed by atoms with Crippen molar-refractivity contribution in [1.82, 2.24) is 5.32 Å². The Morgan fingerprint density at radius 1 is 1.30 bits per heavy atom. The third kappa shape index (κ3) is 4.23. The van der Waals surface area contributed by atoms with Gasteiger partial charge in [0.15, 0.2) is 0 Å². The van der Waals surface area contributed by atoms with Gasteiger partial charge in [-0.1, -0.05) is 29.3 Å². The molecule has 0 aliphatic heterocycles. The van der Waals surface area contributed by atoms with Crippen molar-refractivity contribution in [3.8, 4) is 0 Å². The molecule has 112 valence electrons. The van der Waals surface area contributed by atoms with Crippen LogP contribution in [0, 0.1) is 5.92 Å². The Morgan fingerprint density at radius 3 is 2.70 bits per heavy atom. The first kappa shape index (κ1) is 15.8. The van der Waals surface area contributed by atoms with Crippen LogP contribution in [0.15, 0.2) is 22.7 Å². The molecule has 2 nitrogen and oxygen atoms in total. The predicted molar refractivity (Wildman–Crippen MR) is 91.4 cm³/mol. The van der Waals surface area contributed by atoms with Crippen molar-refractivity contribution in [3.05, 3.63) is 28.2 Å². The molecule has 0 amide bonds. The first-order valence-electron chi connectivity index (χ1n) is 7.98. The summed E-state index contributed by atoms with van der Waals surface area (Å²) < 4.78 is 1.18. The van der Waals surface area contributed by atoms with Crippen LogP contribution in [0.2, 0.25) is 0 Å². The summed E-state index contributed by atoms with van der Waals surface area (Å²) >= 11 is 3.61. The lowest BCUT2D eigenvalue weighted by Crippen LogP contribution is -2.33. The summed E-state index contributed by atoms with van der Waals surface area (Å²) in [5.74, 6) is 0.912. The van der Waals surface area contributed by atoms with Gasteiger partial charge in [0.05, 0.1) is 0 Å². The van der Waals surface area contributed by atoms with Crippen LogP contribution in [-0.2, 0) is 6.54 Å². The standard InChI is InChI=1S/C17H27BrN2/c1-3-10-19-12-15-11-16(18)8-9-17(15)20(4-2)13-14-6-5-7-14/h8-9,11,14,19H,3-7,10,12-13H2,1-2H3. The summed E-state index contributed by atoms with van der Waals surface area (Å²) in [7, 11) is 0. The van der Waals surface area contributed by atoms with E-state index in [4.69, 9.17) is 0 Å². The predicted octanol–water partition coefficient (Wildman–Crippen LogP) is 4.58. The van der Waals surface area contributed by atoms with E-state index in [2.05, 4.69) is 58.2 Å². The topological polar surface area (TPSA) is 15.3 Å². The first-order valence-corrected chi connectivity index (χ1v) is 8.78. The molecule has 2 rings (SSSR count). The molecule has 20 heavy (non-hydrogen) atoms. The summed E-state index contributed by atoms with van der Waals surface area (Å²) in [5, 5.41) is 3.53. The Hall–Kier alpha value is -0.540. The van der Waals surface area contributed by atoms with Crippen molar-refractivity contribution in [2.24, 2.45) is 5.92 Å². The largest absolute Gasteiger partial charge is 0.371 e. The van der Waals surface area contributed by atoms with Crippen LogP contribution >= 0.6 is 15.9 Å². The number of nitrogens with zero attached hydrogens (tertiary/aromatic N) is 1. The fraction of sp³-hybridized carbons (Fsp3) is 0.647. The van der Waals surface area contributed by atoms with Crippen LogP contribution in [0.5, 0.6) is 0 Å². The van der Waals surface area contributed by atoms with Gasteiger partial charge >= 0.3 is 0 Å². The number of hydrogen-bond acceptors (Lipinski definition) is 2. The van der Waals surface area contributed by atoms with Crippen LogP contribution in [0.4, 0.5) is 5.69 Å². The number of benzene rings is 1. The fourth-order valence-corrected chi connectivity index (χ4v) is 3.20. The monoisotopic (exact) mass is 338 g/mol. The molecule has 1 aliphatic carbocycles. The summed E-state index contributed by atoms with van der Waals surface area (Å²) in [6, 6.07) is 6.71. The molecule has 3 heteroatoms. The maximum absolute atomic E-state index is 3.61. The van der Waals surface area contributed by atoms with E-state index in [1.165, 1.54) is 48.0 Å². The summed E-state index contributed by atoms with van der Waals surface area (Å²) in [6.07, 6.45) is 5.43. The number of rotatable bonds is 8. The van der Waals surface area contributed by atoms with Gasteiger partial charge < -0.3 is 10.2 Å². The molecule has 0 unspecified atom stereocenters. The van der Waals surface area contributed by atoms with Gasteiger partial charge in [-0.05, 0) is 62.4 Å². The highest BCUT2D eigenvalue weighted by molar-refractivity contribution is 9.10. The normalized spacial score (nSPS) is 15.2. The minimum absolute atomic E-state index is 0.912. The van der Waals surface area contributed by atoms with Gasteiger partial charge in [0, 0.05) is 29.8 Å². The Morgan fingerprint density at radius 2 is 2.10 bits per heavy atom. The third-order valence-corrected chi connectivity index (χ3v) is 4.70. The van der Waals surface area contributed by atoms with Gasteiger partial charge in [0.1, 0.15) is 0 Å². The molecular weight excluding hydrogens is 312 g/mol. The number of halogens is 1. The Balaban J connectivity index is 2.09. The van der Waals surface area contributed by atoms with E-state index in [0.29, 0.717) is 0 Å². The maximum atomic E-state index is 3.61. The number of nitrogens with one attached hydrogen (secondary N) is 1. The van der Waals surface area contributed by atoms with E-state index < -0.39 is 0 Å². The van der Waals surface area contributed by atoms with Gasteiger partial charge in [0.2, 0.25) is 0 Å². The molecule has 0 heterocycles. The zero-order valence-electron chi connectivity index (χ0n) is 12.8. The van der Waals surface area contributed by atoms with E-state index in [1.54, 1.807) is 0 Å². The molecule has 0 saturated heterocycles. The smallest absolute Gasteiger partial charge is 0.0412 e. The van der Waals surface area contributed by atoms with Gasteiger partial charge in [-0.25, -0.2) is 0 Å². The number of hydrogen-bond donors (Lipinski definition) is 1. The molecule has 0 aromatic heterocycles. The SMILES string of the molecule is CCCNCc1cc(Br)ccc1N(CC)CC1CCC1. The second-order valence-corrected chi connectivity index (χ2v) is 6.70. The second kappa shape index (κ2) is 8.04. The van der Waals surface area contributed by atoms with Gasteiger partial charge in [-0.3, -0.25) is 0 Å². The van der Waals surface area contributed by atoms with Crippen LogP contribution in [-0.4, -0.2) is 19.6 Å². The zero-order valence-corrected chi connectivity index (χ0v) is 14.4. The number of anilines is 1. The van der Waals surface area contributed by atoms with Crippen molar-refractivity contribution >= 4 is 21.6 Å². The second-order valence-electron chi connectivity index (χ2n) is 5.79. The van der Waals surface area contributed by atoms with E-state index in [1.807, 2.05) is 0 Å². The Bertz CT molecular complexity index is 415. The Kier molecular flexibility index (Phi) is 6.37. The lowest BCUT2D eigenvalue weighted by Gasteiger charge is -2.34. The maximum Gasteiger partial charge on any atom is 0.0412 e. The molecule has 1 aromatic carbocycles. The molecular formula is C17H27BrN2. The van der Waals surface area contributed by atoms with Crippen LogP contribution in [0.1, 0.15) is 45.1 Å². The summed E-state index contributed by atoms with van der Waals surface area (Å²) in [4.78, 5) is 2.55. The van der Waals surface area contributed by atoms with E-state index in [9.17, 15) is 0 Å². The molecule has 0 spiro atoms. The van der Waals surface area contributed by atoms with Crippen molar-refractivity contribution < 1.29 is 0 Å². The lowest BCUT2D eigenvalue weighted by molar-refractivity contribution is 0.318. The van der Waals surface area contributed by atoms with Crippen LogP contribution in [0.3, 0.4) is 0 Å². The molecule has 1 saturated carbocycles. The minimum Gasteiger partial charge on any atom is -0.371 e. The summed E-state index contributed by atoms with van der Waals surface area (Å²) in [5.41, 5.74) is 2.82. The van der Waals surface area contributed by atoms with Crippen LogP contribution in [0.25, 0.3) is 0 Å². The van der Waals surface area contributed by atoms with Gasteiger partial charge in [-0.15, -0.1) is 0 Å². The minimum atomic E-state index is 0.912. The van der Waals surface area contributed by atoms with E-state index in [-0.39, 0.29) is 0 Å². The Labute approximate surface area is 132 Å². The highest BCUT2D eigenvalue weighted by Gasteiger charge is 2.21. The van der Waals surface area contributed by atoms with Gasteiger partial charge in [-0.2, -0.15) is 0 Å². The van der Waals surface area contributed by atoms with Crippen molar-refractivity contribution in [2.45, 2.75) is 46.1 Å². The van der Waals surface area contributed by atoms with E-state index in [0.717, 1.165) is 25.6 Å². The van der Waals surface area contributed by atoms with Gasteiger partial charge in [0.25, 0.3) is 0 Å². The van der Waals surface area contributed by atoms with Crippen molar-refractivity contribution in [2.75, 3.05) is 24.5 Å². The average molecular weight is 339 g/mol. The van der Waals surface area contributed by atoms with Crippen molar-refractivity contribution in [1.29, 1.82) is 0 Å². The van der Waals surface area contributed by atoms with Crippen LogP contribution < -0.4 is 10.2 Å². The zero-order chi connectivity index (χ0) is 14.4. The highest BCUT2D eigenvalue weighted by Crippen LogP contribution is 2.31. The molecule has 1 N–H and O–H groups in total.